The number of nitrogens with zero attached hydrogens (tertiary/aromatic N) is 2. The van der Waals surface area contributed by atoms with Crippen LogP contribution in [0.4, 0.5) is 0 Å². The summed E-state index contributed by atoms with van der Waals surface area (Å²) in [4.78, 5) is 0. The summed E-state index contributed by atoms with van der Waals surface area (Å²) < 4.78 is 39.8. The van der Waals surface area contributed by atoms with E-state index in [1.54, 1.807) is 6.20 Å². The van der Waals surface area contributed by atoms with E-state index >= 15 is 0 Å². The molecule has 1 spiro atoms. The zero-order valence-corrected chi connectivity index (χ0v) is 12.8. The molecule has 2 aliphatic rings. The topological polar surface area (TPSA) is 96.5 Å². The predicted octanol–water partition coefficient (Wildman–Crippen LogP) is -0.109. The van der Waals surface area contributed by atoms with Crippen molar-refractivity contribution in [2.45, 2.75) is 32.1 Å². The molecule has 0 unspecified atom stereocenters. The first-order valence-electron chi connectivity index (χ1n) is 7.02. The van der Waals surface area contributed by atoms with Crippen LogP contribution in [0.2, 0.25) is 0 Å². The normalized spacial score (nSPS) is 22.9. The maximum atomic E-state index is 12.3. The summed E-state index contributed by atoms with van der Waals surface area (Å²) in [6.07, 6.45) is 2.80. The molecule has 0 bridgehead atoms. The molecule has 0 atom stereocenters. The van der Waals surface area contributed by atoms with Gasteiger partial charge in [0.25, 0.3) is 10.2 Å². The molecular formula is C12H20N4O4S. The third-order valence-electron chi connectivity index (χ3n) is 4.00. The van der Waals surface area contributed by atoms with Gasteiger partial charge >= 0.3 is 0 Å². The molecule has 0 aromatic carbocycles. The Balaban J connectivity index is 1.57. The molecule has 0 saturated carbocycles. The van der Waals surface area contributed by atoms with Gasteiger partial charge < -0.3 is 9.47 Å². The van der Waals surface area contributed by atoms with Crippen LogP contribution in [0.5, 0.6) is 0 Å². The molecule has 0 amide bonds. The minimum atomic E-state index is -3.50. The third-order valence-corrected chi connectivity index (χ3v) is 5.56. The Bertz CT molecular complexity index is 584. The van der Waals surface area contributed by atoms with Crippen LogP contribution in [-0.4, -0.2) is 55.0 Å². The zero-order valence-electron chi connectivity index (χ0n) is 12.0. The second-order valence-electron chi connectivity index (χ2n) is 5.36. The van der Waals surface area contributed by atoms with Gasteiger partial charge in [0.1, 0.15) is 0 Å². The number of aromatic nitrogens is 2. The highest BCUT2D eigenvalue weighted by Gasteiger charge is 2.42. The Hall–Kier alpha value is -1.00. The number of H-pyrrole nitrogens is 1. The smallest absolute Gasteiger partial charge is 0.279 e. The van der Waals surface area contributed by atoms with Crippen molar-refractivity contribution in [2.24, 2.45) is 0 Å². The molecule has 1 aromatic heterocycles. The van der Waals surface area contributed by atoms with Crippen molar-refractivity contribution in [3.8, 4) is 0 Å². The Morgan fingerprint density at radius 2 is 2.05 bits per heavy atom. The summed E-state index contributed by atoms with van der Waals surface area (Å²) in [6.45, 7) is 4.07. The van der Waals surface area contributed by atoms with Gasteiger partial charge in [-0.2, -0.15) is 22.5 Å². The number of ether oxygens (including phenoxy) is 2. The molecular weight excluding hydrogens is 296 g/mol. The lowest BCUT2D eigenvalue weighted by molar-refractivity contribution is -0.179. The van der Waals surface area contributed by atoms with Crippen molar-refractivity contribution in [1.29, 1.82) is 0 Å². The quantitative estimate of drug-likeness (QED) is 0.808. The summed E-state index contributed by atoms with van der Waals surface area (Å²) in [7, 11) is -3.50. The fraction of sp³-hybridized carbons (Fsp3) is 0.750. The molecule has 2 aliphatic heterocycles. The van der Waals surface area contributed by atoms with Gasteiger partial charge in [0.2, 0.25) is 0 Å². The number of nitrogens with one attached hydrogen (secondary N) is 2. The number of aryl methyl sites for hydroxylation is 1. The Morgan fingerprint density at radius 3 is 2.62 bits per heavy atom. The molecule has 2 N–H and O–H groups in total. The number of rotatable bonds is 4. The van der Waals surface area contributed by atoms with Crippen molar-refractivity contribution in [3.63, 3.8) is 0 Å². The first kappa shape index (κ1) is 14.9. The minimum absolute atomic E-state index is 0.211. The molecule has 0 radical (unpaired) electrons. The fourth-order valence-corrected chi connectivity index (χ4v) is 3.83. The molecule has 0 aliphatic carbocycles. The minimum Gasteiger partial charge on any atom is -0.347 e. The number of hydrogen-bond donors (Lipinski definition) is 2. The third kappa shape index (κ3) is 3.11. The van der Waals surface area contributed by atoms with Gasteiger partial charge in [-0.05, 0) is 12.5 Å². The number of piperidine rings is 1. The first-order valence-corrected chi connectivity index (χ1v) is 8.46. The monoisotopic (exact) mass is 316 g/mol. The molecule has 3 heterocycles. The number of aromatic amines is 1. The van der Waals surface area contributed by atoms with E-state index in [0.717, 1.165) is 11.3 Å². The SMILES string of the molecule is Cc1cn[nH]c1CNS(=O)(=O)N1CCC2(CC1)OCCO2. The molecule has 2 saturated heterocycles. The summed E-state index contributed by atoms with van der Waals surface area (Å²) in [6, 6.07) is 0. The summed E-state index contributed by atoms with van der Waals surface area (Å²) in [5.41, 5.74) is 1.71. The van der Waals surface area contributed by atoms with Crippen molar-refractivity contribution < 1.29 is 17.9 Å². The van der Waals surface area contributed by atoms with Gasteiger partial charge in [-0.3, -0.25) is 5.10 Å². The summed E-state index contributed by atoms with van der Waals surface area (Å²) >= 11 is 0. The summed E-state index contributed by atoms with van der Waals surface area (Å²) in [5, 5.41) is 6.66. The maximum Gasteiger partial charge on any atom is 0.279 e. The standard InChI is InChI=1S/C12H20N4O4S/c1-10-8-13-15-11(10)9-14-21(17,18)16-4-2-12(3-5-16)19-6-7-20-12/h8,14H,2-7,9H2,1H3,(H,13,15). The Morgan fingerprint density at radius 1 is 1.38 bits per heavy atom. The van der Waals surface area contributed by atoms with Crippen molar-refractivity contribution in [3.05, 3.63) is 17.5 Å². The van der Waals surface area contributed by atoms with Gasteiger partial charge in [-0.15, -0.1) is 0 Å². The second-order valence-corrected chi connectivity index (χ2v) is 7.12. The molecule has 118 valence electrons. The van der Waals surface area contributed by atoms with Gasteiger partial charge in [-0.25, -0.2) is 0 Å². The average Bonchev–Trinajstić information content (AvgIpc) is 3.07. The van der Waals surface area contributed by atoms with Crippen LogP contribution in [0.25, 0.3) is 0 Å². The van der Waals surface area contributed by atoms with E-state index in [9.17, 15) is 8.42 Å². The van der Waals surface area contributed by atoms with E-state index in [4.69, 9.17) is 9.47 Å². The highest BCUT2D eigenvalue weighted by Crippen LogP contribution is 2.31. The van der Waals surface area contributed by atoms with E-state index in [-0.39, 0.29) is 6.54 Å². The van der Waals surface area contributed by atoms with Crippen LogP contribution in [0.1, 0.15) is 24.1 Å². The number of hydrogen-bond acceptors (Lipinski definition) is 5. The molecule has 2 fully saturated rings. The van der Waals surface area contributed by atoms with Crippen LogP contribution in [0, 0.1) is 6.92 Å². The zero-order chi connectivity index (χ0) is 14.9. The van der Waals surface area contributed by atoms with Crippen molar-refractivity contribution in [1.82, 2.24) is 19.2 Å². The van der Waals surface area contributed by atoms with Crippen molar-refractivity contribution >= 4 is 10.2 Å². The molecule has 1 aromatic rings. The van der Waals surface area contributed by atoms with Gasteiger partial charge in [0, 0.05) is 25.9 Å². The van der Waals surface area contributed by atoms with Crippen LogP contribution >= 0.6 is 0 Å². The molecule has 8 nitrogen and oxygen atoms in total. The van der Waals surface area contributed by atoms with E-state index in [2.05, 4.69) is 14.9 Å². The fourth-order valence-electron chi connectivity index (χ4n) is 2.66. The Labute approximate surface area is 124 Å². The van der Waals surface area contributed by atoms with Gasteiger partial charge in [0.15, 0.2) is 5.79 Å². The Kier molecular flexibility index (Phi) is 4.02. The lowest BCUT2D eigenvalue weighted by atomic mass is 10.1. The molecule has 3 rings (SSSR count). The van der Waals surface area contributed by atoms with Crippen LogP contribution in [0.3, 0.4) is 0 Å². The maximum absolute atomic E-state index is 12.3. The van der Waals surface area contributed by atoms with E-state index in [1.165, 1.54) is 4.31 Å². The average molecular weight is 316 g/mol. The lowest BCUT2D eigenvalue weighted by Crippen LogP contribution is -2.50. The first-order chi connectivity index (χ1) is 10.0. The van der Waals surface area contributed by atoms with Crippen LogP contribution in [0.15, 0.2) is 6.20 Å². The predicted molar refractivity (Wildman–Crippen MR) is 74.5 cm³/mol. The largest absolute Gasteiger partial charge is 0.347 e. The van der Waals surface area contributed by atoms with E-state index < -0.39 is 16.0 Å². The van der Waals surface area contributed by atoms with Gasteiger partial charge in [0.05, 0.1) is 31.6 Å². The summed E-state index contributed by atoms with van der Waals surface area (Å²) in [5.74, 6) is -0.564. The van der Waals surface area contributed by atoms with Crippen LogP contribution in [-0.2, 0) is 26.2 Å². The molecule has 9 heteroatoms. The molecule has 21 heavy (non-hydrogen) atoms. The van der Waals surface area contributed by atoms with Crippen LogP contribution < -0.4 is 4.72 Å². The van der Waals surface area contributed by atoms with E-state index in [0.29, 0.717) is 39.1 Å². The lowest BCUT2D eigenvalue weighted by Gasteiger charge is -2.36. The highest BCUT2D eigenvalue weighted by atomic mass is 32.2. The van der Waals surface area contributed by atoms with E-state index in [1.807, 2.05) is 6.92 Å². The second kappa shape index (κ2) is 5.65. The highest BCUT2D eigenvalue weighted by molar-refractivity contribution is 7.87. The van der Waals surface area contributed by atoms with Crippen molar-refractivity contribution in [2.75, 3.05) is 26.3 Å². The van der Waals surface area contributed by atoms with Gasteiger partial charge in [-0.1, -0.05) is 0 Å².